The second kappa shape index (κ2) is 6.80. The summed E-state index contributed by atoms with van der Waals surface area (Å²) in [6, 6.07) is 5.19. The number of aliphatic hydroxyl groups excluding tert-OH is 1. The Morgan fingerprint density at radius 2 is 1.31 bits per heavy atom. The van der Waals surface area contributed by atoms with E-state index >= 15 is 0 Å². The van der Waals surface area contributed by atoms with Crippen LogP contribution in [0.3, 0.4) is 0 Å². The van der Waals surface area contributed by atoms with Gasteiger partial charge in [-0.3, -0.25) is 4.72 Å². The average molecular weight is 399 g/mol. The van der Waals surface area contributed by atoms with Gasteiger partial charge in [-0.2, -0.15) is 26.3 Å². The smallest absolute Gasteiger partial charge is 0.392 e. The van der Waals surface area contributed by atoms with Gasteiger partial charge in [0, 0.05) is 5.69 Å². The van der Waals surface area contributed by atoms with Crippen molar-refractivity contribution in [3.8, 4) is 0 Å². The van der Waals surface area contributed by atoms with Crippen LogP contribution in [0.5, 0.6) is 0 Å². The van der Waals surface area contributed by atoms with Gasteiger partial charge in [-0.15, -0.1) is 0 Å². The lowest BCUT2D eigenvalue weighted by molar-refractivity contribution is -0.143. The first kappa shape index (κ1) is 20.0. The Morgan fingerprint density at radius 3 is 1.69 bits per heavy atom. The molecule has 2 N–H and O–H groups in total. The van der Waals surface area contributed by atoms with Gasteiger partial charge < -0.3 is 5.11 Å². The predicted octanol–water partition coefficient (Wildman–Crippen LogP) is 4.02. The lowest BCUT2D eigenvalue weighted by Crippen LogP contribution is -2.17. The fourth-order valence-electron chi connectivity index (χ4n) is 1.97. The number of sulfonamides is 1. The zero-order chi connectivity index (χ0) is 19.8. The summed E-state index contributed by atoms with van der Waals surface area (Å²) in [5, 5.41) is 8.90. The molecule has 2 aromatic carbocycles. The van der Waals surface area contributed by atoms with E-state index in [-0.39, 0.29) is 30.5 Å². The van der Waals surface area contributed by atoms with Crippen molar-refractivity contribution in [3.05, 3.63) is 59.2 Å². The van der Waals surface area contributed by atoms with Gasteiger partial charge in [0.15, 0.2) is 0 Å². The van der Waals surface area contributed by atoms with Crippen LogP contribution >= 0.6 is 0 Å². The van der Waals surface area contributed by atoms with Crippen LogP contribution in [0.1, 0.15) is 16.7 Å². The van der Waals surface area contributed by atoms with Crippen molar-refractivity contribution >= 4 is 15.7 Å². The number of hydrogen-bond donors (Lipinski definition) is 2. The highest BCUT2D eigenvalue weighted by Crippen LogP contribution is 2.37. The molecule has 0 atom stereocenters. The first-order valence-electron chi connectivity index (χ1n) is 6.85. The van der Waals surface area contributed by atoms with E-state index in [9.17, 15) is 34.8 Å². The summed E-state index contributed by atoms with van der Waals surface area (Å²) in [6.07, 6.45) is -10.3. The second-order valence-corrected chi connectivity index (χ2v) is 6.88. The Hall–Kier alpha value is -2.27. The standard InChI is InChI=1S/C15H11F6NO3S/c16-14(17,18)10-5-11(15(19,20)21)7-13(6-10)26(24,25)22-12-3-1-9(8-23)2-4-12/h1-7,22-23H,8H2. The van der Waals surface area contributed by atoms with E-state index in [1.54, 1.807) is 0 Å². The van der Waals surface area contributed by atoms with Gasteiger partial charge in [-0.25, -0.2) is 8.42 Å². The molecule has 142 valence electrons. The topological polar surface area (TPSA) is 66.4 Å². The zero-order valence-electron chi connectivity index (χ0n) is 12.7. The minimum Gasteiger partial charge on any atom is -0.392 e. The van der Waals surface area contributed by atoms with Crippen molar-refractivity contribution in [1.82, 2.24) is 0 Å². The van der Waals surface area contributed by atoms with Crippen molar-refractivity contribution in [2.45, 2.75) is 23.9 Å². The number of rotatable bonds is 4. The SMILES string of the molecule is O=S(=O)(Nc1ccc(CO)cc1)c1cc(C(F)(F)F)cc(C(F)(F)F)c1. The van der Waals surface area contributed by atoms with Crippen molar-refractivity contribution in [3.63, 3.8) is 0 Å². The van der Waals surface area contributed by atoms with Crippen LogP contribution in [0.2, 0.25) is 0 Å². The summed E-state index contributed by atoms with van der Waals surface area (Å²) in [5.74, 6) is 0. The highest BCUT2D eigenvalue weighted by Gasteiger charge is 2.38. The first-order valence-corrected chi connectivity index (χ1v) is 8.33. The van der Waals surface area contributed by atoms with Crippen LogP contribution in [-0.2, 0) is 29.0 Å². The Labute approximate surface area is 144 Å². The number of anilines is 1. The van der Waals surface area contributed by atoms with Crippen LogP contribution in [0.4, 0.5) is 32.0 Å². The van der Waals surface area contributed by atoms with Crippen molar-refractivity contribution < 1.29 is 39.9 Å². The number of nitrogens with one attached hydrogen (secondary N) is 1. The fraction of sp³-hybridized carbons (Fsp3) is 0.200. The molecule has 0 saturated carbocycles. The molecule has 0 aliphatic heterocycles. The summed E-state index contributed by atoms with van der Waals surface area (Å²) >= 11 is 0. The number of benzene rings is 2. The summed E-state index contributed by atoms with van der Waals surface area (Å²) in [5.41, 5.74) is -3.12. The third-order valence-corrected chi connectivity index (χ3v) is 4.62. The molecule has 0 aromatic heterocycles. The molecular weight excluding hydrogens is 388 g/mol. The van der Waals surface area contributed by atoms with Crippen molar-refractivity contribution in [2.75, 3.05) is 4.72 Å². The van der Waals surface area contributed by atoms with Crippen molar-refractivity contribution in [1.29, 1.82) is 0 Å². The van der Waals surface area contributed by atoms with E-state index in [1.165, 1.54) is 24.3 Å². The lowest BCUT2D eigenvalue weighted by atomic mass is 10.1. The summed E-state index contributed by atoms with van der Waals surface area (Å²) in [4.78, 5) is -1.18. The van der Waals surface area contributed by atoms with Crippen LogP contribution in [0.15, 0.2) is 47.4 Å². The number of hydrogen-bond acceptors (Lipinski definition) is 3. The van der Waals surface area contributed by atoms with E-state index in [4.69, 9.17) is 5.11 Å². The molecule has 0 fully saturated rings. The molecule has 11 heteroatoms. The zero-order valence-corrected chi connectivity index (χ0v) is 13.5. The van der Waals surface area contributed by atoms with Crippen LogP contribution < -0.4 is 4.72 Å². The molecule has 0 radical (unpaired) electrons. The van der Waals surface area contributed by atoms with Gasteiger partial charge in [-0.05, 0) is 35.9 Å². The maximum absolute atomic E-state index is 12.8. The van der Waals surface area contributed by atoms with E-state index in [0.717, 1.165) is 0 Å². The Morgan fingerprint density at radius 1 is 0.846 bits per heavy atom. The number of aliphatic hydroxyl groups is 1. The van der Waals surface area contributed by atoms with Crippen LogP contribution in [0, 0.1) is 0 Å². The van der Waals surface area contributed by atoms with Crippen LogP contribution in [0.25, 0.3) is 0 Å². The molecule has 0 aliphatic carbocycles. The third kappa shape index (κ3) is 4.67. The average Bonchev–Trinajstić information content (AvgIpc) is 2.53. The van der Waals surface area contributed by atoms with Gasteiger partial charge in [-0.1, -0.05) is 12.1 Å². The molecule has 4 nitrogen and oxygen atoms in total. The highest BCUT2D eigenvalue weighted by molar-refractivity contribution is 7.92. The molecule has 26 heavy (non-hydrogen) atoms. The molecule has 0 unspecified atom stereocenters. The third-order valence-electron chi connectivity index (χ3n) is 3.26. The quantitative estimate of drug-likeness (QED) is 0.764. The number of alkyl halides is 6. The fourth-order valence-corrected chi connectivity index (χ4v) is 3.10. The summed E-state index contributed by atoms with van der Waals surface area (Å²) in [7, 11) is -4.71. The molecule has 2 rings (SSSR count). The minimum absolute atomic E-state index is 0.0897. The molecule has 0 heterocycles. The Bertz CT molecular complexity index is 857. The van der Waals surface area contributed by atoms with Crippen molar-refractivity contribution in [2.24, 2.45) is 0 Å². The van der Waals surface area contributed by atoms with E-state index < -0.39 is 38.4 Å². The van der Waals surface area contributed by atoms with E-state index in [0.29, 0.717) is 5.56 Å². The van der Waals surface area contributed by atoms with Gasteiger partial charge in [0.2, 0.25) is 0 Å². The van der Waals surface area contributed by atoms with Crippen LogP contribution in [-0.4, -0.2) is 13.5 Å². The van der Waals surface area contributed by atoms with Gasteiger partial charge in [0.1, 0.15) is 0 Å². The molecule has 0 aliphatic rings. The lowest BCUT2D eigenvalue weighted by Gasteiger charge is -2.15. The molecule has 0 spiro atoms. The maximum Gasteiger partial charge on any atom is 0.416 e. The van der Waals surface area contributed by atoms with Gasteiger partial charge >= 0.3 is 12.4 Å². The molecule has 0 amide bonds. The number of halogens is 6. The highest BCUT2D eigenvalue weighted by atomic mass is 32.2. The second-order valence-electron chi connectivity index (χ2n) is 5.20. The molecular formula is C15H11F6NO3S. The van der Waals surface area contributed by atoms with Gasteiger partial charge in [0.25, 0.3) is 10.0 Å². The van der Waals surface area contributed by atoms with E-state index in [2.05, 4.69) is 0 Å². The largest absolute Gasteiger partial charge is 0.416 e. The Balaban J connectivity index is 2.50. The molecule has 0 saturated heterocycles. The maximum atomic E-state index is 12.8. The summed E-state index contributed by atoms with van der Waals surface area (Å²) < 4.78 is 103. The molecule has 2 aromatic rings. The predicted molar refractivity (Wildman–Crippen MR) is 79.6 cm³/mol. The van der Waals surface area contributed by atoms with E-state index in [1.807, 2.05) is 4.72 Å². The minimum atomic E-state index is -5.16. The normalized spacial score (nSPS) is 12.9. The first-order chi connectivity index (χ1) is 11.8. The monoisotopic (exact) mass is 399 g/mol. The molecule has 0 bridgehead atoms. The van der Waals surface area contributed by atoms with Gasteiger partial charge in [0.05, 0.1) is 22.6 Å². The summed E-state index contributed by atoms with van der Waals surface area (Å²) in [6.45, 7) is -0.324. The Kier molecular flexibility index (Phi) is 5.24.